The fraction of sp³-hybridized carbons (Fsp3) is 0.750. The summed E-state index contributed by atoms with van der Waals surface area (Å²) < 4.78 is 38.2. The number of hydrogen-bond acceptors (Lipinski definition) is 2. The van der Waals surface area contributed by atoms with Crippen molar-refractivity contribution in [2.75, 3.05) is 0 Å². The van der Waals surface area contributed by atoms with Crippen LogP contribution in [0.3, 0.4) is 0 Å². The highest BCUT2D eigenvalue weighted by Gasteiger charge is 2.32. The van der Waals surface area contributed by atoms with E-state index in [0.29, 0.717) is 0 Å². The molecule has 0 aromatic carbocycles. The van der Waals surface area contributed by atoms with Crippen molar-refractivity contribution < 1.29 is 13.2 Å². The van der Waals surface area contributed by atoms with Crippen LogP contribution in [0.4, 0.5) is 13.2 Å². The van der Waals surface area contributed by atoms with Gasteiger partial charge in [0.15, 0.2) is 4.77 Å². The average Bonchev–Trinajstić information content (AvgIpc) is 2.25. The third-order valence-electron chi connectivity index (χ3n) is 1.77. The van der Waals surface area contributed by atoms with Crippen molar-refractivity contribution in [2.24, 2.45) is 0 Å². The Morgan fingerprint density at radius 2 is 1.87 bits per heavy atom. The first-order valence-electron chi connectivity index (χ1n) is 4.35. The Kier molecular flexibility index (Phi) is 2.95. The lowest BCUT2D eigenvalue weighted by Crippen LogP contribution is -2.27. The fourth-order valence-electron chi connectivity index (χ4n) is 1.32. The molecule has 1 N–H and O–H groups in total. The zero-order valence-corrected chi connectivity index (χ0v) is 9.46. The summed E-state index contributed by atoms with van der Waals surface area (Å²) in [6.07, 6.45) is -5.35. The molecule has 0 bridgehead atoms. The molecule has 0 saturated heterocycles. The van der Waals surface area contributed by atoms with Crippen LogP contribution in [0.25, 0.3) is 0 Å². The van der Waals surface area contributed by atoms with E-state index in [0.717, 1.165) is 0 Å². The van der Waals surface area contributed by atoms with Crippen molar-refractivity contribution in [3.8, 4) is 0 Å². The van der Waals surface area contributed by atoms with E-state index in [9.17, 15) is 13.2 Å². The van der Waals surface area contributed by atoms with Crippen LogP contribution in [0.15, 0.2) is 0 Å². The number of nitrogens with one attached hydrogen (secondary N) is 1. The van der Waals surface area contributed by atoms with Gasteiger partial charge in [-0.1, -0.05) is 0 Å². The van der Waals surface area contributed by atoms with Crippen molar-refractivity contribution in [3.05, 3.63) is 10.6 Å². The summed E-state index contributed by atoms with van der Waals surface area (Å²) in [6.45, 7) is 5.33. The zero-order chi connectivity index (χ0) is 11.9. The first-order valence-corrected chi connectivity index (χ1v) is 4.75. The van der Waals surface area contributed by atoms with Crippen molar-refractivity contribution in [1.82, 2.24) is 14.8 Å². The molecule has 3 nitrogen and oxygen atoms in total. The minimum absolute atomic E-state index is 0.0833. The third-order valence-corrected chi connectivity index (χ3v) is 2.05. The Morgan fingerprint density at radius 3 is 2.27 bits per heavy atom. The highest BCUT2D eigenvalue weighted by molar-refractivity contribution is 7.71. The van der Waals surface area contributed by atoms with Crippen LogP contribution in [-0.4, -0.2) is 20.9 Å². The maximum absolute atomic E-state index is 12.2. The van der Waals surface area contributed by atoms with Crippen LogP contribution < -0.4 is 0 Å². The van der Waals surface area contributed by atoms with Crippen molar-refractivity contribution in [1.29, 1.82) is 0 Å². The number of halogens is 3. The first kappa shape index (κ1) is 12.2. The topological polar surface area (TPSA) is 33.6 Å². The van der Waals surface area contributed by atoms with Gasteiger partial charge in [0.25, 0.3) is 0 Å². The minimum atomic E-state index is -4.27. The van der Waals surface area contributed by atoms with Crippen LogP contribution in [-0.2, 0) is 12.0 Å². The molecule has 0 unspecified atom stereocenters. The lowest BCUT2D eigenvalue weighted by Gasteiger charge is -2.22. The Balaban J connectivity index is 3.16. The summed E-state index contributed by atoms with van der Waals surface area (Å²) in [7, 11) is 0. The lowest BCUT2D eigenvalue weighted by atomic mass is 10.1. The Labute approximate surface area is 90.3 Å². The summed E-state index contributed by atoms with van der Waals surface area (Å²) in [6, 6.07) is 0. The molecule has 15 heavy (non-hydrogen) atoms. The van der Waals surface area contributed by atoms with Gasteiger partial charge in [0.1, 0.15) is 12.2 Å². The van der Waals surface area contributed by atoms with Crippen LogP contribution in [0.2, 0.25) is 0 Å². The number of aromatic nitrogens is 3. The van der Waals surface area contributed by atoms with Gasteiger partial charge in [-0.15, -0.1) is 0 Å². The van der Waals surface area contributed by atoms with Gasteiger partial charge in [-0.3, -0.25) is 9.67 Å². The van der Waals surface area contributed by atoms with E-state index in [1.165, 1.54) is 4.57 Å². The average molecular weight is 239 g/mol. The fourth-order valence-corrected chi connectivity index (χ4v) is 1.74. The van der Waals surface area contributed by atoms with Gasteiger partial charge in [-0.05, 0) is 33.0 Å². The van der Waals surface area contributed by atoms with E-state index < -0.39 is 18.1 Å². The maximum Gasteiger partial charge on any atom is 0.396 e. The van der Waals surface area contributed by atoms with Gasteiger partial charge in [0, 0.05) is 5.54 Å². The molecule has 0 radical (unpaired) electrons. The molecule has 0 saturated carbocycles. The maximum atomic E-state index is 12.2. The predicted octanol–water partition coefficient (Wildman–Crippen LogP) is 2.80. The zero-order valence-electron chi connectivity index (χ0n) is 8.64. The molecule has 0 aliphatic carbocycles. The smallest absolute Gasteiger partial charge is 0.298 e. The molecule has 0 aliphatic heterocycles. The monoisotopic (exact) mass is 239 g/mol. The molecule has 0 aliphatic rings. The van der Waals surface area contributed by atoms with Gasteiger partial charge in [0.2, 0.25) is 0 Å². The van der Waals surface area contributed by atoms with E-state index in [-0.39, 0.29) is 10.6 Å². The molecule has 0 fully saturated rings. The molecule has 0 amide bonds. The van der Waals surface area contributed by atoms with Crippen molar-refractivity contribution in [3.63, 3.8) is 0 Å². The Morgan fingerprint density at radius 1 is 1.33 bits per heavy atom. The Bertz CT molecular complexity index is 396. The quantitative estimate of drug-likeness (QED) is 0.764. The van der Waals surface area contributed by atoms with Crippen LogP contribution in [0.1, 0.15) is 26.6 Å². The molecule has 0 atom stereocenters. The number of nitrogens with zero attached hydrogens (tertiary/aromatic N) is 2. The first-order chi connectivity index (χ1) is 6.61. The number of aromatic amines is 1. The highest BCUT2D eigenvalue weighted by atomic mass is 32.1. The van der Waals surface area contributed by atoms with E-state index in [2.05, 4.69) is 10.2 Å². The second-order valence-electron chi connectivity index (χ2n) is 4.24. The van der Waals surface area contributed by atoms with E-state index in [1.54, 1.807) is 20.8 Å². The number of alkyl halides is 3. The summed E-state index contributed by atoms with van der Waals surface area (Å²) in [4.78, 5) is 0. The standard InChI is InChI=1S/C8H12F3N3S/c1-7(2,3)14-5(4-8(9,10)11)12-13-6(14)15/h4H2,1-3H3,(H,13,15). The summed E-state index contributed by atoms with van der Waals surface area (Å²) in [5.74, 6) is -0.0833. The summed E-state index contributed by atoms with van der Waals surface area (Å²) >= 11 is 4.89. The van der Waals surface area contributed by atoms with Crippen LogP contribution in [0, 0.1) is 4.77 Å². The molecule has 1 rings (SSSR count). The highest BCUT2D eigenvalue weighted by Crippen LogP contribution is 2.23. The SMILES string of the molecule is CC(C)(C)n1c(CC(F)(F)F)n[nH]c1=S. The third kappa shape index (κ3) is 3.05. The van der Waals surface area contributed by atoms with E-state index >= 15 is 0 Å². The van der Waals surface area contributed by atoms with E-state index in [1.807, 2.05) is 0 Å². The molecule has 1 heterocycles. The van der Waals surface area contributed by atoms with Gasteiger partial charge in [-0.25, -0.2) is 0 Å². The van der Waals surface area contributed by atoms with Gasteiger partial charge < -0.3 is 0 Å². The predicted molar refractivity (Wildman–Crippen MR) is 52.2 cm³/mol. The number of hydrogen-bond donors (Lipinski definition) is 1. The van der Waals surface area contributed by atoms with Crippen molar-refractivity contribution >= 4 is 12.2 Å². The number of rotatable bonds is 1. The molecule has 0 spiro atoms. The molecule has 86 valence electrons. The second kappa shape index (κ2) is 3.62. The van der Waals surface area contributed by atoms with Crippen LogP contribution in [0.5, 0.6) is 0 Å². The van der Waals surface area contributed by atoms with Gasteiger partial charge in [0.05, 0.1) is 0 Å². The molecular formula is C8H12F3N3S. The van der Waals surface area contributed by atoms with E-state index in [4.69, 9.17) is 12.2 Å². The normalized spacial score (nSPS) is 13.2. The van der Waals surface area contributed by atoms with Crippen LogP contribution >= 0.6 is 12.2 Å². The molecule has 7 heteroatoms. The lowest BCUT2D eigenvalue weighted by molar-refractivity contribution is -0.129. The molecular weight excluding hydrogens is 227 g/mol. The number of H-pyrrole nitrogens is 1. The largest absolute Gasteiger partial charge is 0.396 e. The molecule has 1 aromatic rings. The van der Waals surface area contributed by atoms with Gasteiger partial charge >= 0.3 is 6.18 Å². The van der Waals surface area contributed by atoms with Gasteiger partial charge in [-0.2, -0.15) is 18.3 Å². The second-order valence-corrected chi connectivity index (χ2v) is 4.63. The summed E-state index contributed by atoms with van der Waals surface area (Å²) in [5, 5.41) is 5.98. The molecule has 1 aromatic heterocycles. The van der Waals surface area contributed by atoms with Crippen molar-refractivity contribution in [2.45, 2.75) is 38.9 Å². The Hall–Kier alpha value is -0.850. The minimum Gasteiger partial charge on any atom is -0.298 e. The summed E-state index contributed by atoms with van der Waals surface area (Å²) in [5.41, 5.74) is -0.509.